The summed E-state index contributed by atoms with van der Waals surface area (Å²) in [5.41, 5.74) is 4.67. The molecule has 2 N–H and O–H groups in total. The number of aromatic nitrogens is 2. The molecule has 2 aliphatic heterocycles. The molecule has 7 nitrogen and oxygen atoms in total. The van der Waals surface area contributed by atoms with Crippen LogP contribution in [0.2, 0.25) is 5.02 Å². The number of aliphatic hydroxyl groups is 1. The Morgan fingerprint density at radius 1 is 1.42 bits per heavy atom. The zero-order valence-corrected chi connectivity index (χ0v) is 17.9. The van der Waals surface area contributed by atoms with Crippen molar-refractivity contribution in [2.75, 3.05) is 31.1 Å². The fourth-order valence-electron chi connectivity index (χ4n) is 4.47. The van der Waals surface area contributed by atoms with Crippen molar-refractivity contribution >= 4 is 34.1 Å². The molecule has 2 aliphatic rings. The Morgan fingerprint density at radius 2 is 2.23 bits per heavy atom. The van der Waals surface area contributed by atoms with Crippen molar-refractivity contribution in [1.29, 1.82) is 0 Å². The Balaban J connectivity index is 1.48. The summed E-state index contributed by atoms with van der Waals surface area (Å²) in [4.78, 5) is 15.4. The van der Waals surface area contributed by atoms with Crippen molar-refractivity contribution in [3.05, 3.63) is 53.7 Å². The van der Waals surface area contributed by atoms with Gasteiger partial charge in [-0.05, 0) is 42.3 Å². The Morgan fingerprint density at radius 3 is 3.00 bits per heavy atom. The van der Waals surface area contributed by atoms with Crippen molar-refractivity contribution < 1.29 is 14.6 Å². The van der Waals surface area contributed by atoms with Gasteiger partial charge in [0, 0.05) is 36.5 Å². The predicted octanol–water partition coefficient (Wildman–Crippen LogP) is 3.35. The summed E-state index contributed by atoms with van der Waals surface area (Å²) in [5, 5.41) is 19.3. The van der Waals surface area contributed by atoms with E-state index in [1.54, 1.807) is 11.1 Å². The summed E-state index contributed by atoms with van der Waals surface area (Å²) in [6.45, 7) is 7.66. The van der Waals surface area contributed by atoms with Gasteiger partial charge in [-0.15, -0.1) is 0 Å². The molecule has 160 valence electrons. The van der Waals surface area contributed by atoms with Gasteiger partial charge in [-0.3, -0.25) is 9.89 Å². The van der Waals surface area contributed by atoms with E-state index < -0.39 is 6.23 Å². The summed E-state index contributed by atoms with van der Waals surface area (Å²) in [7, 11) is 0. The monoisotopic (exact) mass is 438 g/mol. The first-order valence-electron chi connectivity index (χ1n) is 10.2. The molecule has 0 bridgehead atoms. The first kappa shape index (κ1) is 19.9. The Bertz CT molecular complexity index is 1190. The number of benzene rings is 2. The number of carbonyl (C=O) groups excluding carboxylic acids is 1. The van der Waals surface area contributed by atoms with E-state index in [-0.39, 0.29) is 18.4 Å². The van der Waals surface area contributed by atoms with Gasteiger partial charge < -0.3 is 19.6 Å². The number of halogens is 1. The van der Waals surface area contributed by atoms with E-state index in [0.717, 1.165) is 33.3 Å². The molecule has 2 aromatic carbocycles. The number of nitrogens with zero attached hydrogens (tertiary/aromatic N) is 3. The number of anilines is 1. The molecule has 1 fully saturated rings. The maximum Gasteiger partial charge on any atom is 0.245 e. The van der Waals surface area contributed by atoms with Crippen LogP contribution >= 0.6 is 11.6 Å². The van der Waals surface area contributed by atoms with Crippen LogP contribution in [-0.2, 0) is 4.79 Å². The van der Waals surface area contributed by atoms with Gasteiger partial charge in [-0.25, -0.2) is 0 Å². The van der Waals surface area contributed by atoms with Crippen molar-refractivity contribution in [1.82, 2.24) is 15.1 Å². The number of hydrogen-bond acceptors (Lipinski definition) is 5. The minimum Gasteiger partial charge on any atom is -0.487 e. The predicted molar refractivity (Wildman–Crippen MR) is 120 cm³/mol. The highest BCUT2D eigenvalue weighted by Gasteiger charge is 2.35. The van der Waals surface area contributed by atoms with Crippen LogP contribution in [0.25, 0.3) is 22.0 Å². The quantitative estimate of drug-likeness (QED) is 0.610. The third kappa shape index (κ3) is 3.34. The summed E-state index contributed by atoms with van der Waals surface area (Å²) in [5.74, 6) is 0.892. The van der Waals surface area contributed by atoms with Crippen molar-refractivity contribution in [3.8, 4) is 16.9 Å². The highest BCUT2D eigenvalue weighted by molar-refractivity contribution is 6.34. The first-order valence-corrected chi connectivity index (χ1v) is 10.6. The van der Waals surface area contributed by atoms with Crippen molar-refractivity contribution in [2.45, 2.75) is 13.2 Å². The number of rotatable bonds is 4. The lowest BCUT2D eigenvalue weighted by Crippen LogP contribution is -2.56. The molecule has 0 radical (unpaired) electrons. The standard InChI is InChI=1S/C23H23ClN4O3/c1-3-21(29)27-9-14(10-27)11-28-19-7-17(24)15(6-20(19)31-12-22(28)30)23-13(2)4-5-18-16(23)8-25-26-18/h3-8,14,22,30H,1,9-12H2,2H3,(H,25,26). The van der Waals surface area contributed by atoms with Crippen molar-refractivity contribution in [2.24, 2.45) is 5.92 Å². The third-order valence-corrected chi connectivity index (χ3v) is 6.42. The van der Waals surface area contributed by atoms with Gasteiger partial charge in [0.25, 0.3) is 0 Å². The lowest BCUT2D eigenvalue weighted by Gasteiger charge is -2.44. The van der Waals surface area contributed by atoms with Crippen molar-refractivity contribution in [3.63, 3.8) is 0 Å². The fourth-order valence-corrected chi connectivity index (χ4v) is 4.72. The molecule has 1 unspecified atom stereocenters. The number of ether oxygens (including phenoxy) is 1. The number of aryl methyl sites for hydroxylation is 1. The van der Waals surface area contributed by atoms with Crippen LogP contribution in [0.15, 0.2) is 43.1 Å². The average Bonchev–Trinajstić information content (AvgIpc) is 3.20. The van der Waals surface area contributed by atoms with Gasteiger partial charge >= 0.3 is 0 Å². The maximum atomic E-state index is 11.7. The van der Waals surface area contributed by atoms with E-state index in [1.165, 1.54) is 6.08 Å². The molecule has 5 rings (SSSR count). The largest absolute Gasteiger partial charge is 0.487 e. The van der Waals surface area contributed by atoms with E-state index in [9.17, 15) is 9.90 Å². The van der Waals surface area contributed by atoms with Crippen LogP contribution in [0, 0.1) is 12.8 Å². The summed E-state index contributed by atoms with van der Waals surface area (Å²) in [6.07, 6.45) is 2.37. The zero-order valence-electron chi connectivity index (χ0n) is 17.1. The highest BCUT2D eigenvalue weighted by Crippen LogP contribution is 2.44. The van der Waals surface area contributed by atoms with E-state index in [1.807, 2.05) is 36.1 Å². The van der Waals surface area contributed by atoms with E-state index >= 15 is 0 Å². The molecule has 3 heterocycles. The number of likely N-dealkylation sites (tertiary alicyclic amines) is 1. The highest BCUT2D eigenvalue weighted by atomic mass is 35.5. The summed E-state index contributed by atoms with van der Waals surface area (Å²) < 4.78 is 5.87. The number of nitrogens with one attached hydrogen (secondary N) is 1. The number of H-pyrrole nitrogens is 1. The Kier molecular flexibility index (Phi) is 4.87. The SMILES string of the molecule is C=CC(=O)N1CC(CN2c3cc(Cl)c(-c4c(C)ccc5[nH]ncc45)cc3OCC2O)C1. The molecule has 0 spiro atoms. The Labute approximate surface area is 184 Å². The number of aliphatic hydroxyl groups excluding tert-OH is 1. The third-order valence-electron chi connectivity index (χ3n) is 6.11. The molecule has 3 aromatic rings. The molecule has 1 atom stereocenters. The molecule has 0 aliphatic carbocycles. The first-order chi connectivity index (χ1) is 15.0. The molecular formula is C23H23ClN4O3. The number of aromatic amines is 1. The second-order valence-corrected chi connectivity index (χ2v) is 8.55. The molecule has 1 aromatic heterocycles. The fraction of sp³-hybridized carbons (Fsp3) is 0.304. The van der Waals surface area contributed by atoms with Gasteiger partial charge in [0.05, 0.1) is 22.4 Å². The van der Waals surface area contributed by atoms with Crippen LogP contribution in [0.3, 0.4) is 0 Å². The minimum atomic E-state index is -0.766. The normalized spacial score (nSPS) is 18.5. The molecule has 1 amide bonds. The minimum absolute atomic E-state index is 0.0596. The number of carbonyl (C=O) groups is 1. The summed E-state index contributed by atoms with van der Waals surface area (Å²) >= 11 is 6.76. The number of hydrogen-bond donors (Lipinski definition) is 2. The molecule has 8 heteroatoms. The smallest absolute Gasteiger partial charge is 0.245 e. The number of amides is 1. The molecule has 1 saturated heterocycles. The van der Waals surface area contributed by atoms with Crippen LogP contribution in [0.5, 0.6) is 5.75 Å². The van der Waals surface area contributed by atoms with E-state index in [0.29, 0.717) is 30.4 Å². The second-order valence-electron chi connectivity index (χ2n) is 8.15. The molecule has 31 heavy (non-hydrogen) atoms. The zero-order chi connectivity index (χ0) is 21.7. The van der Waals surface area contributed by atoms with Crippen LogP contribution in [0.4, 0.5) is 5.69 Å². The summed E-state index contributed by atoms with van der Waals surface area (Å²) in [6, 6.07) is 7.84. The topological polar surface area (TPSA) is 81.7 Å². The van der Waals surface area contributed by atoms with Gasteiger partial charge in [-0.1, -0.05) is 24.2 Å². The average molecular weight is 439 g/mol. The molecule has 0 saturated carbocycles. The van der Waals surface area contributed by atoms with Gasteiger partial charge in [-0.2, -0.15) is 5.10 Å². The molecular weight excluding hydrogens is 416 g/mol. The lowest BCUT2D eigenvalue weighted by atomic mass is 9.95. The van der Waals surface area contributed by atoms with Crippen LogP contribution in [-0.4, -0.2) is 58.6 Å². The van der Waals surface area contributed by atoms with Crippen LogP contribution < -0.4 is 9.64 Å². The second kappa shape index (κ2) is 7.59. The maximum absolute atomic E-state index is 11.7. The van der Waals surface area contributed by atoms with E-state index in [2.05, 4.69) is 16.8 Å². The van der Waals surface area contributed by atoms with Crippen LogP contribution in [0.1, 0.15) is 5.56 Å². The van der Waals surface area contributed by atoms with Gasteiger partial charge in [0.1, 0.15) is 12.4 Å². The van der Waals surface area contributed by atoms with Gasteiger partial charge in [0.15, 0.2) is 6.23 Å². The van der Waals surface area contributed by atoms with E-state index in [4.69, 9.17) is 16.3 Å². The Hall–Kier alpha value is -3.03. The lowest BCUT2D eigenvalue weighted by molar-refractivity contribution is -0.131. The number of fused-ring (bicyclic) bond motifs is 2. The van der Waals surface area contributed by atoms with Gasteiger partial charge in [0.2, 0.25) is 5.91 Å².